The Labute approximate surface area is 171 Å². The number of para-hydroxylation sites is 1. The van der Waals surface area contributed by atoms with Gasteiger partial charge >= 0.3 is 6.18 Å². The van der Waals surface area contributed by atoms with E-state index >= 15 is 0 Å². The van der Waals surface area contributed by atoms with Gasteiger partial charge in [-0.05, 0) is 44.9 Å². The van der Waals surface area contributed by atoms with Gasteiger partial charge in [-0.3, -0.25) is 9.59 Å². The number of aryl methyl sites for hydroxylation is 1. The molecule has 1 saturated heterocycles. The summed E-state index contributed by atoms with van der Waals surface area (Å²) in [6.45, 7) is 4.13. The second kappa shape index (κ2) is 8.54. The summed E-state index contributed by atoms with van der Waals surface area (Å²) in [7, 11) is 0. The molecule has 0 bridgehead atoms. The lowest BCUT2D eigenvalue weighted by atomic mass is 10.1. The maximum absolute atomic E-state index is 13.4. The summed E-state index contributed by atoms with van der Waals surface area (Å²) in [5, 5.41) is 4.03. The van der Waals surface area contributed by atoms with Crippen molar-refractivity contribution in [2.75, 3.05) is 13.1 Å². The van der Waals surface area contributed by atoms with E-state index in [1.54, 1.807) is 0 Å². The summed E-state index contributed by atoms with van der Waals surface area (Å²) in [5.74, 6) is -0.468. The highest BCUT2D eigenvalue weighted by Gasteiger charge is 2.36. The fourth-order valence-corrected chi connectivity index (χ4v) is 3.57. The maximum Gasteiger partial charge on any atom is 0.418 e. The fourth-order valence-electron chi connectivity index (χ4n) is 3.57. The van der Waals surface area contributed by atoms with Crippen molar-refractivity contribution in [2.24, 2.45) is 11.7 Å². The van der Waals surface area contributed by atoms with Crippen molar-refractivity contribution in [3.8, 4) is 5.69 Å². The van der Waals surface area contributed by atoms with Gasteiger partial charge in [0.1, 0.15) is 0 Å². The molecule has 2 aromatic rings. The highest BCUT2D eigenvalue weighted by Crippen LogP contribution is 2.33. The van der Waals surface area contributed by atoms with Crippen molar-refractivity contribution in [1.82, 2.24) is 14.7 Å². The number of nitrogens with zero attached hydrogens (tertiary/aromatic N) is 3. The average molecular weight is 431 g/mol. The predicted octanol–water partition coefficient (Wildman–Crippen LogP) is 2.79. The Morgan fingerprint density at radius 3 is 2.55 bits per heavy atom. The van der Waals surface area contributed by atoms with Gasteiger partial charge < -0.3 is 10.6 Å². The minimum atomic E-state index is -4.60. The molecule has 2 atom stereocenters. The van der Waals surface area contributed by atoms with Crippen LogP contribution in [-0.4, -0.2) is 39.7 Å². The zero-order valence-electron chi connectivity index (χ0n) is 15.9. The van der Waals surface area contributed by atoms with E-state index in [1.165, 1.54) is 30.0 Å². The number of alkyl halides is 3. The molecule has 1 aromatic carbocycles. The smallest absolute Gasteiger partial charge is 0.334 e. The van der Waals surface area contributed by atoms with Crippen LogP contribution in [0.25, 0.3) is 5.69 Å². The topological polar surface area (TPSA) is 81.2 Å². The lowest BCUT2D eigenvalue weighted by Crippen LogP contribution is -2.38. The first-order valence-corrected chi connectivity index (χ1v) is 8.92. The van der Waals surface area contributed by atoms with E-state index < -0.39 is 28.8 Å². The van der Waals surface area contributed by atoms with Crippen molar-refractivity contribution in [2.45, 2.75) is 32.5 Å². The largest absolute Gasteiger partial charge is 0.418 e. The van der Waals surface area contributed by atoms with Gasteiger partial charge in [0.25, 0.3) is 5.91 Å². The van der Waals surface area contributed by atoms with Crippen LogP contribution in [0, 0.1) is 12.8 Å². The van der Waals surface area contributed by atoms with E-state index in [1.807, 2.05) is 6.92 Å². The molecule has 2 N–H and O–H groups in total. The third kappa shape index (κ3) is 4.45. The van der Waals surface area contributed by atoms with Crippen molar-refractivity contribution in [1.29, 1.82) is 0 Å². The molecule has 0 aliphatic carbocycles. The van der Waals surface area contributed by atoms with E-state index in [0.29, 0.717) is 19.5 Å². The Hall–Kier alpha value is -2.39. The normalized spacial score (nSPS) is 19.2. The lowest BCUT2D eigenvalue weighted by Gasteiger charge is -2.22. The van der Waals surface area contributed by atoms with E-state index in [-0.39, 0.29) is 35.7 Å². The van der Waals surface area contributed by atoms with Gasteiger partial charge in [-0.2, -0.15) is 18.3 Å². The molecule has 0 spiro atoms. The summed E-state index contributed by atoms with van der Waals surface area (Å²) >= 11 is 0. The van der Waals surface area contributed by atoms with E-state index in [0.717, 1.165) is 16.8 Å². The Balaban J connectivity index is 0.00000300. The first-order valence-electron chi connectivity index (χ1n) is 8.92. The van der Waals surface area contributed by atoms with Gasteiger partial charge in [0, 0.05) is 24.3 Å². The summed E-state index contributed by atoms with van der Waals surface area (Å²) in [6.07, 6.45) is -3.89. The van der Waals surface area contributed by atoms with Crippen LogP contribution < -0.4 is 11.2 Å². The van der Waals surface area contributed by atoms with Gasteiger partial charge in [0.2, 0.25) is 5.43 Å². The quantitative estimate of drug-likeness (QED) is 0.811. The molecular weight excluding hydrogens is 409 g/mol. The second-order valence-corrected chi connectivity index (χ2v) is 7.07. The Morgan fingerprint density at radius 2 is 1.97 bits per heavy atom. The van der Waals surface area contributed by atoms with Crippen molar-refractivity contribution >= 4 is 18.3 Å². The summed E-state index contributed by atoms with van der Waals surface area (Å²) in [5.41, 5.74) is 3.73. The third-order valence-corrected chi connectivity index (χ3v) is 5.00. The Morgan fingerprint density at radius 1 is 1.31 bits per heavy atom. The zero-order chi connectivity index (χ0) is 20.6. The Kier molecular flexibility index (Phi) is 6.74. The van der Waals surface area contributed by atoms with Crippen LogP contribution in [0.4, 0.5) is 13.2 Å². The molecule has 2 unspecified atom stereocenters. The minimum Gasteiger partial charge on any atom is -0.334 e. The summed E-state index contributed by atoms with van der Waals surface area (Å²) in [6, 6.07) is 5.91. The molecule has 158 valence electrons. The molecule has 29 heavy (non-hydrogen) atoms. The van der Waals surface area contributed by atoms with Gasteiger partial charge in [-0.15, -0.1) is 12.4 Å². The van der Waals surface area contributed by atoms with Crippen LogP contribution in [-0.2, 0) is 6.18 Å². The first kappa shape index (κ1) is 22.9. The molecule has 1 aliphatic rings. The monoisotopic (exact) mass is 430 g/mol. The molecule has 6 nitrogen and oxygen atoms in total. The standard InChI is InChI=1S/C19H21F3N4O2.ClH/c1-11-7-13(9-23)10-25(11)18(28)17-16(27)8-12(2)26(24-17)15-6-4-3-5-14(15)19(20,21)22;/h3-6,8,11,13H,7,9-10,23H2,1-2H3;1H. The number of hydrogen-bond donors (Lipinski definition) is 1. The zero-order valence-corrected chi connectivity index (χ0v) is 16.8. The minimum absolute atomic E-state index is 0. The number of carbonyl (C=O) groups excluding carboxylic acids is 1. The number of hydrogen-bond acceptors (Lipinski definition) is 4. The molecule has 2 heterocycles. The van der Waals surface area contributed by atoms with E-state index in [9.17, 15) is 22.8 Å². The fraction of sp³-hybridized carbons (Fsp3) is 0.421. The van der Waals surface area contributed by atoms with Crippen LogP contribution in [0.5, 0.6) is 0 Å². The summed E-state index contributed by atoms with van der Waals surface area (Å²) < 4.78 is 41.2. The van der Waals surface area contributed by atoms with E-state index in [2.05, 4.69) is 5.10 Å². The molecule has 0 radical (unpaired) electrons. The number of rotatable bonds is 3. The number of halogens is 4. The lowest BCUT2D eigenvalue weighted by molar-refractivity contribution is -0.137. The number of amides is 1. The highest BCUT2D eigenvalue weighted by molar-refractivity contribution is 5.92. The SMILES string of the molecule is Cc1cc(=O)c(C(=O)N2CC(CN)CC2C)nn1-c1ccccc1C(F)(F)F.Cl. The molecular formula is C19H22ClF3N4O2. The van der Waals surface area contributed by atoms with Gasteiger partial charge in [0.15, 0.2) is 5.69 Å². The maximum atomic E-state index is 13.4. The number of carbonyl (C=O) groups is 1. The molecule has 1 fully saturated rings. The number of aromatic nitrogens is 2. The molecule has 3 rings (SSSR count). The van der Waals surface area contributed by atoms with Crippen LogP contribution in [0.1, 0.15) is 35.1 Å². The number of benzene rings is 1. The van der Waals surface area contributed by atoms with Crippen LogP contribution in [0.2, 0.25) is 0 Å². The Bertz CT molecular complexity index is 961. The van der Waals surface area contributed by atoms with Crippen LogP contribution >= 0.6 is 12.4 Å². The molecule has 0 saturated carbocycles. The molecule has 1 amide bonds. The number of likely N-dealkylation sites (tertiary alicyclic amines) is 1. The molecule has 10 heteroatoms. The van der Waals surface area contributed by atoms with Crippen LogP contribution in [0.3, 0.4) is 0 Å². The first-order chi connectivity index (χ1) is 13.1. The third-order valence-electron chi connectivity index (χ3n) is 5.00. The highest BCUT2D eigenvalue weighted by atomic mass is 35.5. The van der Waals surface area contributed by atoms with Crippen molar-refractivity contribution < 1.29 is 18.0 Å². The van der Waals surface area contributed by atoms with Crippen molar-refractivity contribution in [3.63, 3.8) is 0 Å². The van der Waals surface area contributed by atoms with Gasteiger partial charge in [0.05, 0.1) is 11.3 Å². The van der Waals surface area contributed by atoms with Crippen molar-refractivity contribution in [3.05, 3.63) is 57.5 Å². The summed E-state index contributed by atoms with van der Waals surface area (Å²) in [4.78, 5) is 26.8. The number of nitrogens with two attached hydrogens (primary N) is 1. The molecule has 1 aliphatic heterocycles. The second-order valence-electron chi connectivity index (χ2n) is 7.07. The van der Waals surface area contributed by atoms with Crippen LogP contribution in [0.15, 0.2) is 35.1 Å². The average Bonchev–Trinajstić information content (AvgIpc) is 3.01. The van der Waals surface area contributed by atoms with Gasteiger partial charge in [-0.25, -0.2) is 4.68 Å². The molecule has 1 aromatic heterocycles. The van der Waals surface area contributed by atoms with E-state index in [4.69, 9.17) is 5.73 Å². The predicted molar refractivity (Wildman–Crippen MR) is 104 cm³/mol. The van der Waals surface area contributed by atoms with Gasteiger partial charge in [-0.1, -0.05) is 12.1 Å².